The molecular formula is C31H37F2N5O2. The van der Waals surface area contributed by atoms with Crippen molar-refractivity contribution in [2.75, 3.05) is 49.1 Å². The highest BCUT2D eigenvalue weighted by molar-refractivity contribution is 5.97. The number of anilines is 2. The molecule has 0 aliphatic carbocycles. The number of nitrogens with zero attached hydrogens (tertiary/aromatic N) is 5. The smallest absolute Gasteiger partial charge is 0.254 e. The number of halogens is 2. The molecule has 4 heterocycles. The van der Waals surface area contributed by atoms with E-state index in [0.717, 1.165) is 54.9 Å². The molecule has 212 valence electrons. The SMILES string of the molecule is Cc1cc(C)c(C(=O)N2CCN(c3ccc(F)cn3)[C@H](CO)C2)c(C)c1CC1CCN(c2ccc(F)cn2)CC1. The minimum atomic E-state index is -0.408. The Balaban J connectivity index is 1.28. The van der Waals surface area contributed by atoms with Crippen molar-refractivity contribution in [3.8, 4) is 0 Å². The Labute approximate surface area is 234 Å². The summed E-state index contributed by atoms with van der Waals surface area (Å²) in [5.74, 6) is 1.15. The largest absolute Gasteiger partial charge is 0.394 e. The van der Waals surface area contributed by atoms with E-state index in [1.165, 1.54) is 35.7 Å². The van der Waals surface area contributed by atoms with Gasteiger partial charge in [-0.05, 0) is 92.5 Å². The Morgan fingerprint density at radius 1 is 0.925 bits per heavy atom. The Kier molecular flexibility index (Phi) is 8.30. The number of carbonyl (C=O) groups excluding carboxylic acids is 1. The van der Waals surface area contributed by atoms with Crippen molar-refractivity contribution in [1.29, 1.82) is 0 Å². The maximum Gasteiger partial charge on any atom is 0.254 e. The Hall–Kier alpha value is -3.59. The highest BCUT2D eigenvalue weighted by Gasteiger charge is 2.32. The van der Waals surface area contributed by atoms with Crippen LogP contribution in [-0.2, 0) is 6.42 Å². The van der Waals surface area contributed by atoms with E-state index in [9.17, 15) is 18.7 Å². The third-order valence-electron chi connectivity index (χ3n) is 8.47. The molecule has 0 spiro atoms. The number of carbonyl (C=O) groups is 1. The molecule has 2 saturated heterocycles. The molecule has 2 aliphatic rings. The van der Waals surface area contributed by atoms with Gasteiger partial charge in [0.25, 0.3) is 5.91 Å². The fourth-order valence-electron chi connectivity index (χ4n) is 6.27. The zero-order valence-corrected chi connectivity index (χ0v) is 23.4. The van der Waals surface area contributed by atoms with Gasteiger partial charge in [0.1, 0.15) is 23.3 Å². The minimum absolute atomic E-state index is 0.0152. The molecule has 2 aliphatic heterocycles. The van der Waals surface area contributed by atoms with Gasteiger partial charge in [-0.2, -0.15) is 0 Å². The van der Waals surface area contributed by atoms with Crippen molar-refractivity contribution in [2.24, 2.45) is 5.92 Å². The van der Waals surface area contributed by atoms with Crippen molar-refractivity contribution >= 4 is 17.5 Å². The van der Waals surface area contributed by atoms with Gasteiger partial charge in [0.2, 0.25) is 0 Å². The first-order valence-corrected chi connectivity index (χ1v) is 14.0. The molecule has 0 radical (unpaired) electrons. The second-order valence-corrected chi connectivity index (χ2v) is 11.1. The summed E-state index contributed by atoms with van der Waals surface area (Å²) in [5.41, 5.74) is 5.19. The molecule has 3 aromatic rings. The molecule has 2 aromatic heterocycles. The number of pyridine rings is 2. The topological polar surface area (TPSA) is 72.8 Å². The van der Waals surface area contributed by atoms with Crippen LogP contribution in [-0.4, -0.2) is 71.3 Å². The van der Waals surface area contributed by atoms with Crippen molar-refractivity contribution < 1.29 is 18.7 Å². The van der Waals surface area contributed by atoms with Crippen molar-refractivity contribution in [3.05, 3.63) is 82.2 Å². The summed E-state index contributed by atoms with van der Waals surface area (Å²) in [6.45, 7) is 9.15. The maximum atomic E-state index is 13.9. The van der Waals surface area contributed by atoms with E-state index in [-0.39, 0.29) is 24.4 Å². The number of aliphatic hydroxyl groups excluding tert-OH is 1. The summed E-state index contributed by atoms with van der Waals surface area (Å²) in [7, 11) is 0. The number of hydrogen-bond acceptors (Lipinski definition) is 6. The van der Waals surface area contributed by atoms with Crippen LogP contribution in [0.15, 0.2) is 42.7 Å². The van der Waals surface area contributed by atoms with Gasteiger partial charge in [-0.3, -0.25) is 4.79 Å². The first kappa shape index (κ1) is 28.0. The van der Waals surface area contributed by atoms with Crippen LogP contribution in [0, 0.1) is 38.3 Å². The molecule has 0 unspecified atom stereocenters. The number of aliphatic hydroxyl groups is 1. The zero-order chi connectivity index (χ0) is 28.4. The van der Waals surface area contributed by atoms with Crippen molar-refractivity contribution in [2.45, 2.75) is 46.1 Å². The summed E-state index contributed by atoms with van der Waals surface area (Å²) < 4.78 is 26.6. The fourth-order valence-corrected chi connectivity index (χ4v) is 6.27. The molecule has 40 heavy (non-hydrogen) atoms. The third kappa shape index (κ3) is 5.80. The number of aromatic nitrogens is 2. The van der Waals surface area contributed by atoms with Gasteiger partial charge < -0.3 is 19.8 Å². The number of aryl methyl sites for hydroxylation is 2. The van der Waals surface area contributed by atoms with E-state index < -0.39 is 5.82 Å². The summed E-state index contributed by atoms with van der Waals surface area (Å²) in [6.07, 6.45) is 5.36. The number of rotatable bonds is 6. The molecule has 5 rings (SSSR count). The number of piperidine rings is 1. The summed E-state index contributed by atoms with van der Waals surface area (Å²) >= 11 is 0. The molecule has 0 bridgehead atoms. The van der Waals surface area contributed by atoms with Crippen LogP contribution in [0.2, 0.25) is 0 Å². The predicted molar refractivity (Wildman–Crippen MR) is 152 cm³/mol. The molecule has 1 aromatic carbocycles. The van der Waals surface area contributed by atoms with Crippen molar-refractivity contribution in [3.63, 3.8) is 0 Å². The van der Waals surface area contributed by atoms with E-state index in [4.69, 9.17) is 0 Å². The van der Waals surface area contributed by atoms with Crippen LogP contribution in [0.5, 0.6) is 0 Å². The second kappa shape index (κ2) is 11.9. The van der Waals surface area contributed by atoms with E-state index in [1.807, 2.05) is 16.7 Å². The van der Waals surface area contributed by atoms with Gasteiger partial charge >= 0.3 is 0 Å². The first-order valence-electron chi connectivity index (χ1n) is 14.0. The minimum Gasteiger partial charge on any atom is -0.394 e. The zero-order valence-electron chi connectivity index (χ0n) is 23.4. The maximum absolute atomic E-state index is 13.9. The lowest BCUT2D eigenvalue weighted by Gasteiger charge is -2.41. The Morgan fingerprint density at radius 2 is 1.57 bits per heavy atom. The molecular weight excluding hydrogens is 512 g/mol. The number of hydrogen-bond donors (Lipinski definition) is 1. The van der Waals surface area contributed by atoms with Crippen molar-refractivity contribution in [1.82, 2.24) is 14.9 Å². The highest BCUT2D eigenvalue weighted by Crippen LogP contribution is 2.31. The van der Waals surface area contributed by atoms with Gasteiger partial charge in [-0.25, -0.2) is 18.7 Å². The normalized spacial score (nSPS) is 18.4. The predicted octanol–water partition coefficient (Wildman–Crippen LogP) is 4.46. The summed E-state index contributed by atoms with van der Waals surface area (Å²) in [5, 5.41) is 10.1. The highest BCUT2D eigenvalue weighted by atomic mass is 19.1. The third-order valence-corrected chi connectivity index (χ3v) is 8.47. The number of amides is 1. The van der Waals surface area contributed by atoms with Crippen LogP contribution in [0.25, 0.3) is 0 Å². The van der Waals surface area contributed by atoms with E-state index in [0.29, 0.717) is 31.4 Å². The van der Waals surface area contributed by atoms with Crippen LogP contribution in [0.4, 0.5) is 20.4 Å². The van der Waals surface area contributed by atoms with E-state index in [2.05, 4.69) is 34.8 Å². The average molecular weight is 550 g/mol. The average Bonchev–Trinajstić information content (AvgIpc) is 2.96. The van der Waals surface area contributed by atoms with Crippen LogP contribution in [0.1, 0.15) is 45.5 Å². The summed E-state index contributed by atoms with van der Waals surface area (Å²) in [6, 6.07) is 7.96. The standard InChI is InChI=1S/C31H37F2N5O2/c1-20-14-21(2)30(31(40)37-12-13-38(26(18-37)19-39)29-7-5-25(33)17-35-29)22(3)27(20)15-23-8-10-36(11-9-23)28-6-4-24(32)16-34-28/h4-7,14,16-17,23,26,39H,8-13,15,18-19H2,1-3H3/t26-/m0/s1. The molecule has 1 amide bonds. The lowest BCUT2D eigenvalue weighted by atomic mass is 9.84. The van der Waals surface area contributed by atoms with Crippen LogP contribution in [0.3, 0.4) is 0 Å². The molecule has 0 saturated carbocycles. The molecule has 7 nitrogen and oxygen atoms in total. The van der Waals surface area contributed by atoms with Gasteiger partial charge in [0.15, 0.2) is 0 Å². The van der Waals surface area contributed by atoms with Gasteiger partial charge in [-0.1, -0.05) is 6.07 Å². The lowest BCUT2D eigenvalue weighted by Crippen LogP contribution is -2.56. The number of piperazine rings is 1. The quantitative estimate of drug-likeness (QED) is 0.490. The Bertz CT molecular complexity index is 1340. The molecule has 2 fully saturated rings. The molecule has 9 heteroatoms. The van der Waals surface area contributed by atoms with E-state index in [1.54, 1.807) is 12.1 Å². The van der Waals surface area contributed by atoms with Gasteiger partial charge in [0.05, 0.1) is 25.0 Å². The lowest BCUT2D eigenvalue weighted by molar-refractivity contribution is 0.0697. The van der Waals surface area contributed by atoms with Gasteiger partial charge in [-0.15, -0.1) is 0 Å². The fraction of sp³-hybridized carbons (Fsp3) is 0.452. The summed E-state index contributed by atoms with van der Waals surface area (Å²) in [4.78, 5) is 28.3. The van der Waals surface area contributed by atoms with Crippen LogP contribution >= 0.6 is 0 Å². The molecule has 1 atom stereocenters. The van der Waals surface area contributed by atoms with Gasteiger partial charge in [0, 0.05) is 38.3 Å². The monoisotopic (exact) mass is 549 g/mol. The van der Waals surface area contributed by atoms with E-state index >= 15 is 0 Å². The molecule has 1 N–H and O–H groups in total. The number of benzene rings is 1. The Morgan fingerprint density at radius 3 is 2.17 bits per heavy atom. The second-order valence-electron chi connectivity index (χ2n) is 11.1. The van der Waals surface area contributed by atoms with Crippen LogP contribution < -0.4 is 9.80 Å². The first-order chi connectivity index (χ1) is 19.2.